The number of aryl methyl sites for hydroxylation is 1. The lowest BCUT2D eigenvalue weighted by Crippen LogP contribution is -2.50. The standard InChI is InChI=1S/C38H40N8O4/c39-45-42-26-31-15-5-4-14-30(31)25-38(37(48)41-22-9-8-13-28-11-2-1-3-12-28)35(34-17-7-6-16-32(34)27-43-46-40)50-36(44-38)29-18-20-33(21-19-29)49-24-10-23-47/h1-7,11-12,14-21,35,47H,8-10,13,22-27H2,(H,41,48)/t35-,38-/m1/s1. The van der Waals surface area contributed by atoms with Crippen LogP contribution < -0.4 is 10.1 Å². The van der Waals surface area contributed by atoms with Gasteiger partial charge in [0, 0.05) is 41.4 Å². The summed E-state index contributed by atoms with van der Waals surface area (Å²) in [5.74, 6) is 0.601. The van der Waals surface area contributed by atoms with Crippen molar-refractivity contribution in [1.82, 2.24) is 5.32 Å². The molecule has 256 valence electrons. The molecule has 1 heterocycles. The summed E-state index contributed by atoms with van der Waals surface area (Å²) in [6.45, 7) is 1.02. The number of azide groups is 2. The second-order valence-corrected chi connectivity index (χ2v) is 11.9. The van der Waals surface area contributed by atoms with Crippen LogP contribution in [0.5, 0.6) is 5.75 Å². The van der Waals surface area contributed by atoms with Crippen molar-refractivity contribution in [3.05, 3.63) is 157 Å². The van der Waals surface area contributed by atoms with Gasteiger partial charge in [-0.05, 0) is 82.4 Å². The summed E-state index contributed by atoms with van der Waals surface area (Å²) >= 11 is 0. The molecule has 1 aliphatic heterocycles. The van der Waals surface area contributed by atoms with Gasteiger partial charge < -0.3 is 19.9 Å². The molecule has 1 amide bonds. The summed E-state index contributed by atoms with van der Waals surface area (Å²) in [6.07, 6.45) is 2.32. The third-order valence-corrected chi connectivity index (χ3v) is 8.58. The fourth-order valence-corrected chi connectivity index (χ4v) is 6.04. The number of hydrogen-bond acceptors (Lipinski definition) is 7. The number of carbonyl (C=O) groups is 1. The first-order valence-electron chi connectivity index (χ1n) is 16.7. The zero-order chi connectivity index (χ0) is 35.0. The summed E-state index contributed by atoms with van der Waals surface area (Å²) in [5, 5.41) is 19.9. The van der Waals surface area contributed by atoms with Crippen molar-refractivity contribution in [2.75, 3.05) is 19.8 Å². The number of benzene rings is 4. The van der Waals surface area contributed by atoms with Gasteiger partial charge in [-0.25, -0.2) is 4.99 Å². The topological polar surface area (TPSA) is 178 Å². The molecule has 0 spiro atoms. The second-order valence-electron chi connectivity index (χ2n) is 11.9. The number of carbonyl (C=O) groups excluding carboxylic acids is 1. The van der Waals surface area contributed by atoms with Crippen LogP contribution in [0.1, 0.15) is 58.7 Å². The summed E-state index contributed by atoms with van der Waals surface area (Å²) in [7, 11) is 0. The number of aliphatic imine (C=N–C) groups is 1. The molecule has 12 heteroatoms. The van der Waals surface area contributed by atoms with Crippen LogP contribution in [-0.4, -0.2) is 42.2 Å². The lowest BCUT2D eigenvalue weighted by Gasteiger charge is -2.32. The fraction of sp³-hybridized carbons (Fsp3) is 0.316. The van der Waals surface area contributed by atoms with Gasteiger partial charge in [0.25, 0.3) is 5.91 Å². The average Bonchev–Trinajstić information content (AvgIpc) is 3.54. The van der Waals surface area contributed by atoms with Crippen LogP contribution in [0.15, 0.2) is 118 Å². The maximum atomic E-state index is 14.7. The first-order chi connectivity index (χ1) is 24.6. The van der Waals surface area contributed by atoms with Crippen molar-refractivity contribution in [3.8, 4) is 5.75 Å². The quantitative estimate of drug-likeness (QED) is 0.0476. The number of aliphatic hydroxyl groups excluding tert-OH is 1. The van der Waals surface area contributed by atoms with Gasteiger partial charge in [0.15, 0.2) is 11.6 Å². The number of hydrogen-bond donors (Lipinski definition) is 2. The molecule has 0 radical (unpaired) electrons. The Morgan fingerprint density at radius 3 is 2.22 bits per heavy atom. The molecule has 0 aromatic heterocycles. The van der Waals surface area contributed by atoms with Gasteiger partial charge in [0.2, 0.25) is 5.90 Å². The molecular formula is C38H40N8O4. The third kappa shape index (κ3) is 9.00. The Balaban J connectivity index is 1.55. The molecule has 12 nitrogen and oxygen atoms in total. The van der Waals surface area contributed by atoms with E-state index in [2.05, 4.69) is 37.5 Å². The van der Waals surface area contributed by atoms with Crippen LogP contribution in [0.25, 0.3) is 20.9 Å². The van der Waals surface area contributed by atoms with E-state index in [-0.39, 0.29) is 37.9 Å². The van der Waals surface area contributed by atoms with E-state index in [9.17, 15) is 4.79 Å². The van der Waals surface area contributed by atoms with Crippen LogP contribution >= 0.6 is 0 Å². The molecule has 2 atom stereocenters. The van der Waals surface area contributed by atoms with E-state index in [1.165, 1.54) is 5.56 Å². The molecule has 1 aliphatic rings. The van der Waals surface area contributed by atoms with Gasteiger partial charge in [0.05, 0.1) is 19.7 Å². The molecular weight excluding hydrogens is 632 g/mol. The summed E-state index contributed by atoms with van der Waals surface area (Å²) in [5.41, 5.74) is 21.6. The van der Waals surface area contributed by atoms with E-state index >= 15 is 0 Å². The minimum absolute atomic E-state index is 0.0361. The molecule has 5 rings (SSSR count). The maximum absolute atomic E-state index is 14.7. The van der Waals surface area contributed by atoms with E-state index in [0.29, 0.717) is 42.0 Å². The third-order valence-electron chi connectivity index (χ3n) is 8.58. The Kier molecular flexibility index (Phi) is 12.9. The molecule has 50 heavy (non-hydrogen) atoms. The lowest BCUT2D eigenvalue weighted by molar-refractivity contribution is -0.128. The molecule has 0 fully saturated rings. The van der Waals surface area contributed by atoms with Gasteiger partial charge in [-0.1, -0.05) is 89.1 Å². The van der Waals surface area contributed by atoms with Gasteiger partial charge in [0.1, 0.15) is 5.75 Å². The van der Waals surface area contributed by atoms with E-state index in [4.69, 9.17) is 30.6 Å². The molecule has 0 saturated carbocycles. The number of nitrogens with zero attached hydrogens (tertiary/aromatic N) is 7. The molecule has 4 aromatic rings. The smallest absolute Gasteiger partial charge is 0.252 e. The predicted molar refractivity (Wildman–Crippen MR) is 191 cm³/mol. The van der Waals surface area contributed by atoms with Crippen molar-refractivity contribution in [3.63, 3.8) is 0 Å². The highest BCUT2D eigenvalue weighted by atomic mass is 16.5. The normalized spacial score (nSPS) is 16.3. The number of amides is 1. The Morgan fingerprint density at radius 1 is 0.840 bits per heavy atom. The van der Waals surface area contributed by atoms with Crippen molar-refractivity contribution in [2.45, 2.75) is 56.8 Å². The van der Waals surface area contributed by atoms with Gasteiger partial charge in [-0.3, -0.25) is 4.79 Å². The molecule has 4 aromatic carbocycles. The number of ether oxygens (including phenoxy) is 2. The number of unbranched alkanes of at least 4 members (excludes halogenated alkanes) is 1. The van der Waals surface area contributed by atoms with Gasteiger partial charge in [-0.15, -0.1) is 0 Å². The first-order valence-corrected chi connectivity index (χ1v) is 16.7. The monoisotopic (exact) mass is 672 g/mol. The molecule has 0 saturated heterocycles. The summed E-state index contributed by atoms with van der Waals surface area (Å²) < 4.78 is 12.4. The predicted octanol–water partition coefficient (Wildman–Crippen LogP) is 7.71. The van der Waals surface area contributed by atoms with E-state index in [1.54, 1.807) is 12.1 Å². The van der Waals surface area contributed by atoms with Crippen LogP contribution in [0.4, 0.5) is 0 Å². The Bertz CT molecular complexity index is 1850. The van der Waals surface area contributed by atoms with E-state index in [0.717, 1.165) is 30.4 Å². The minimum Gasteiger partial charge on any atom is -0.494 e. The van der Waals surface area contributed by atoms with Gasteiger partial charge >= 0.3 is 0 Å². The minimum atomic E-state index is -1.48. The largest absolute Gasteiger partial charge is 0.494 e. The van der Waals surface area contributed by atoms with Crippen molar-refractivity contribution < 1.29 is 19.4 Å². The van der Waals surface area contributed by atoms with Crippen LogP contribution in [-0.2, 0) is 35.5 Å². The SMILES string of the molecule is [N-]=[N+]=NCc1ccccc1C[C@@]1(C(=O)NCCCCc2ccccc2)N=C(c2ccc(OCCCO)cc2)O[C@@H]1c1ccccc1CN=[N+]=[N-]. The van der Waals surface area contributed by atoms with Crippen LogP contribution in [0, 0.1) is 0 Å². The summed E-state index contributed by atoms with van der Waals surface area (Å²) in [6, 6.07) is 32.4. The molecule has 0 unspecified atom stereocenters. The first kappa shape index (κ1) is 35.5. The lowest BCUT2D eigenvalue weighted by atomic mass is 9.79. The molecule has 0 bridgehead atoms. The van der Waals surface area contributed by atoms with Crippen molar-refractivity contribution in [1.29, 1.82) is 0 Å². The highest BCUT2D eigenvalue weighted by Crippen LogP contribution is 2.44. The van der Waals surface area contributed by atoms with Crippen LogP contribution in [0.3, 0.4) is 0 Å². The zero-order valence-corrected chi connectivity index (χ0v) is 27.8. The second kappa shape index (κ2) is 18.1. The Morgan fingerprint density at radius 2 is 1.50 bits per heavy atom. The highest BCUT2D eigenvalue weighted by molar-refractivity contribution is 6.01. The molecule has 0 aliphatic carbocycles. The fourth-order valence-electron chi connectivity index (χ4n) is 6.04. The van der Waals surface area contributed by atoms with Crippen molar-refractivity contribution in [2.24, 2.45) is 15.2 Å². The van der Waals surface area contributed by atoms with E-state index in [1.807, 2.05) is 78.9 Å². The zero-order valence-electron chi connectivity index (χ0n) is 27.8. The Hall–Kier alpha value is -5.80. The highest BCUT2D eigenvalue weighted by Gasteiger charge is 2.54. The van der Waals surface area contributed by atoms with Gasteiger partial charge in [-0.2, -0.15) is 0 Å². The average molecular weight is 673 g/mol. The number of rotatable bonds is 18. The Labute approximate surface area is 291 Å². The number of aliphatic hydroxyl groups is 1. The summed E-state index contributed by atoms with van der Waals surface area (Å²) in [4.78, 5) is 25.8. The maximum Gasteiger partial charge on any atom is 0.252 e. The van der Waals surface area contributed by atoms with Crippen LogP contribution in [0.2, 0.25) is 0 Å². The number of nitrogens with one attached hydrogen (secondary N) is 1. The van der Waals surface area contributed by atoms with Crippen molar-refractivity contribution >= 4 is 11.8 Å². The van der Waals surface area contributed by atoms with E-state index < -0.39 is 11.6 Å². The molecule has 2 N–H and O–H groups in total.